The van der Waals surface area contributed by atoms with Crippen molar-refractivity contribution in [3.05, 3.63) is 59.7 Å². The van der Waals surface area contributed by atoms with E-state index >= 15 is 0 Å². The van der Waals surface area contributed by atoms with Gasteiger partial charge in [0.15, 0.2) is 0 Å². The first-order valence-electron chi connectivity index (χ1n) is 7.91. The van der Waals surface area contributed by atoms with Crippen LogP contribution in [0.1, 0.15) is 15.9 Å². The number of sulfonamides is 1. The van der Waals surface area contributed by atoms with Gasteiger partial charge in [0, 0.05) is 17.0 Å². The van der Waals surface area contributed by atoms with Crippen LogP contribution in [0.15, 0.2) is 53.4 Å². The first-order chi connectivity index (χ1) is 12.9. The molecule has 0 saturated heterocycles. The SMILES string of the molecule is COC(=O)CNS(=O)(=O)c1ccc(NC(=O)c2ccc(CSC)cc2)cc1. The molecule has 2 aromatic carbocycles. The van der Waals surface area contributed by atoms with Gasteiger partial charge in [-0.15, -0.1) is 0 Å². The Bertz CT molecular complexity index is 894. The van der Waals surface area contributed by atoms with Crippen molar-refractivity contribution in [2.24, 2.45) is 0 Å². The summed E-state index contributed by atoms with van der Waals surface area (Å²) in [5.74, 6) is -0.0990. The van der Waals surface area contributed by atoms with Crippen LogP contribution in [0.4, 0.5) is 5.69 Å². The molecular weight excluding hydrogens is 388 g/mol. The van der Waals surface area contributed by atoms with Gasteiger partial charge in [0.05, 0.1) is 12.0 Å². The maximum absolute atomic E-state index is 12.3. The van der Waals surface area contributed by atoms with Crippen molar-refractivity contribution in [1.29, 1.82) is 0 Å². The van der Waals surface area contributed by atoms with Crippen molar-refractivity contribution < 1.29 is 22.7 Å². The number of hydrogen-bond donors (Lipinski definition) is 2. The van der Waals surface area contributed by atoms with Gasteiger partial charge in [-0.2, -0.15) is 16.5 Å². The minimum atomic E-state index is -3.84. The summed E-state index contributed by atoms with van der Waals surface area (Å²) >= 11 is 1.70. The van der Waals surface area contributed by atoms with Gasteiger partial charge < -0.3 is 10.1 Å². The fourth-order valence-corrected chi connectivity index (χ4v) is 3.64. The highest BCUT2D eigenvalue weighted by molar-refractivity contribution is 7.97. The molecule has 2 N–H and O–H groups in total. The Kier molecular flexibility index (Phi) is 7.40. The number of nitrogens with one attached hydrogen (secondary N) is 2. The van der Waals surface area contributed by atoms with Crippen LogP contribution < -0.4 is 10.0 Å². The number of carbonyl (C=O) groups is 2. The van der Waals surface area contributed by atoms with Crippen molar-refractivity contribution in [3.63, 3.8) is 0 Å². The fraction of sp³-hybridized carbons (Fsp3) is 0.222. The topological polar surface area (TPSA) is 102 Å². The third-order valence-electron chi connectivity index (χ3n) is 3.58. The first kappa shape index (κ1) is 20.9. The molecule has 0 aromatic heterocycles. The van der Waals surface area contributed by atoms with E-state index in [1.54, 1.807) is 23.9 Å². The second-order valence-corrected chi connectivity index (χ2v) is 8.14. The molecule has 27 heavy (non-hydrogen) atoms. The van der Waals surface area contributed by atoms with Gasteiger partial charge in [-0.3, -0.25) is 9.59 Å². The number of methoxy groups -OCH3 is 1. The number of hydrogen-bond acceptors (Lipinski definition) is 6. The molecule has 2 rings (SSSR count). The van der Waals surface area contributed by atoms with Crippen molar-refractivity contribution in [1.82, 2.24) is 4.72 Å². The van der Waals surface area contributed by atoms with E-state index in [2.05, 4.69) is 14.8 Å². The number of rotatable bonds is 8. The predicted molar refractivity (Wildman–Crippen MR) is 105 cm³/mol. The summed E-state index contributed by atoms with van der Waals surface area (Å²) in [6, 6.07) is 12.9. The van der Waals surface area contributed by atoms with E-state index in [1.165, 1.54) is 31.4 Å². The molecule has 2 aromatic rings. The standard InChI is InChI=1S/C18H20N2O5S2/c1-25-17(21)11-19-27(23,24)16-9-7-15(8-10-16)20-18(22)14-5-3-13(4-6-14)12-26-2/h3-10,19H,11-12H2,1-2H3,(H,20,22). The molecule has 7 nitrogen and oxygen atoms in total. The summed E-state index contributed by atoms with van der Waals surface area (Å²) < 4.78 is 30.7. The average molecular weight is 409 g/mol. The van der Waals surface area contributed by atoms with Crippen LogP contribution in [0.3, 0.4) is 0 Å². The molecule has 0 bridgehead atoms. The average Bonchev–Trinajstić information content (AvgIpc) is 2.67. The van der Waals surface area contributed by atoms with Crippen LogP contribution >= 0.6 is 11.8 Å². The number of carbonyl (C=O) groups excluding carboxylic acids is 2. The van der Waals surface area contributed by atoms with Crippen molar-refractivity contribution in [2.75, 3.05) is 25.2 Å². The Morgan fingerprint density at radius 3 is 2.22 bits per heavy atom. The van der Waals surface area contributed by atoms with Crippen LogP contribution in [-0.2, 0) is 25.3 Å². The summed E-state index contributed by atoms with van der Waals surface area (Å²) in [4.78, 5) is 23.3. The lowest BCUT2D eigenvalue weighted by atomic mass is 10.1. The molecule has 0 fully saturated rings. The first-order valence-corrected chi connectivity index (χ1v) is 10.8. The maximum atomic E-state index is 12.3. The van der Waals surface area contributed by atoms with Gasteiger partial charge in [-0.25, -0.2) is 8.42 Å². The molecule has 0 spiro atoms. The van der Waals surface area contributed by atoms with Gasteiger partial charge in [-0.05, 0) is 48.2 Å². The second-order valence-electron chi connectivity index (χ2n) is 5.51. The predicted octanol–water partition coefficient (Wildman–Crippen LogP) is 2.25. The Balaban J connectivity index is 2.02. The fourth-order valence-electron chi connectivity index (χ4n) is 2.15. The number of benzene rings is 2. The van der Waals surface area contributed by atoms with Crippen LogP contribution in [0.2, 0.25) is 0 Å². The molecule has 9 heteroatoms. The molecule has 0 aliphatic heterocycles. The summed E-state index contributed by atoms with van der Waals surface area (Å²) in [5, 5.41) is 2.71. The number of amides is 1. The lowest BCUT2D eigenvalue weighted by Gasteiger charge is -2.08. The highest BCUT2D eigenvalue weighted by atomic mass is 32.2. The lowest BCUT2D eigenvalue weighted by molar-refractivity contribution is -0.139. The van der Waals surface area contributed by atoms with Crippen molar-refractivity contribution in [2.45, 2.75) is 10.6 Å². The van der Waals surface area contributed by atoms with Crippen molar-refractivity contribution in [3.8, 4) is 0 Å². The molecule has 0 aliphatic carbocycles. The second kappa shape index (κ2) is 9.54. The van der Waals surface area contributed by atoms with Crippen LogP contribution in [0.5, 0.6) is 0 Å². The lowest BCUT2D eigenvalue weighted by Crippen LogP contribution is -2.30. The molecular formula is C18H20N2O5S2. The van der Waals surface area contributed by atoms with E-state index in [0.717, 1.165) is 11.3 Å². The number of esters is 1. The molecule has 0 heterocycles. The van der Waals surface area contributed by atoms with Gasteiger partial charge in [0.1, 0.15) is 6.54 Å². The zero-order valence-electron chi connectivity index (χ0n) is 14.9. The zero-order chi connectivity index (χ0) is 19.9. The van der Waals surface area contributed by atoms with Gasteiger partial charge in [0.2, 0.25) is 10.0 Å². The summed E-state index contributed by atoms with van der Waals surface area (Å²) in [6.45, 7) is -0.455. The summed E-state index contributed by atoms with van der Waals surface area (Å²) in [7, 11) is -2.67. The Morgan fingerprint density at radius 1 is 1.04 bits per heavy atom. The molecule has 0 atom stereocenters. The third-order valence-corrected chi connectivity index (χ3v) is 5.62. The summed E-state index contributed by atoms with van der Waals surface area (Å²) in [5.41, 5.74) is 2.10. The Hall–Kier alpha value is -2.36. The van der Waals surface area contributed by atoms with Gasteiger partial charge >= 0.3 is 5.97 Å². The molecule has 0 aliphatic rings. The van der Waals surface area contributed by atoms with E-state index in [0.29, 0.717) is 11.3 Å². The molecule has 0 unspecified atom stereocenters. The molecule has 0 radical (unpaired) electrons. The Morgan fingerprint density at radius 2 is 1.67 bits per heavy atom. The highest BCUT2D eigenvalue weighted by Gasteiger charge is 2.16. The van der Waals surface area contributed by atoms with E-state index < -0.39 is 22.5 Å². The van der Waals surface area contributed by atoms with Gasteiger partial charge in [0.25, 0.3) is 5.91 Å². The van der Waals surface area contributed by atoms with E-state index in [-0.39, 0.29) is 10.8 Å². The number of anilines is 1. The number of thioether (sulfide) groups is 1. The quantitative estimate of drug-likeness (QED) is 0.650. The normalized spacial score (nSPS) is 11.0. The van der Waals surface area contributed by atoms with E-state index in [1.807, 2.05) is 18.4 Å². The number of ether oxygens (including phenoxy) is 1. The van der Waals surface area contributed by atoms with Crippen LogP contribution in [0.25, 0.3) is 0 Å². The van der Waals surface area contributed by atoms with Crippen LogP contribution in [-0.4, -0.2) is 40.2 Å². The Labute approximate surface area is 162 Å². The van der Waals surface area contributed by atoms with Crippen LogP contribution in [0, 0.1) is 0 Å². The van der Waals surface area contributed by atoms with Crippen molar-refractivity contribution >= 4 is 39.3 Å². The minimum absolute atomic E-state index is 0.0224. The maximum Gasteiger partial charge on any atom is 0.320 e. The smallest absolute Gasteiger partial charge is 0.320 e. The summed E-state index contributed by atoms with van der Waals surface area (Å²) in [6.07, 6.45) is 2.01. The molecule has 1 amide bonds. The molecule has 0 saturated carbocycles. The van der Waals surface area contributed by atoms with Gasteiger partial charge in [-0.1, -0.05) is 12.1 Å². The molecule has 144 valence electrons. The van der Waals surface area contributed by atoms with E-state index in [4.69, 9.17) is 0 Å². The minimum Gasteiger partial charge on any atom is -0.468 e. The largest absolute Gasteiger partial charge is 0.468 e. The monoisotopic (exact) mass is 408 g/mol. The zero-order valence-corrected chi connectivity index (χ0v) is 16.5. The highest BCUT2D eigenvalue weighted by Crippen LogP contribution is 2.16. The van der Waals surface area contributed by atoms with E-state index in [9.17, 15) is 18.0 Å². The third kappa shape index (κ3) is 6.09.